The van der Waals surface area contributed by atoms with Gasteiger partial charge in [-0.3, -0.25) is 9.29 Å². The monoisotopic (exact) mass is 308 g/mol. The highest BCUT2D eigenvalue weighted by Crippen LogP contribution is 2.25. The molecule has 0 aliphatic carbocycles. The maximum Gasteiger partial charge on any atom is 0.214 e. The standard InChI is InChI=1S/C13H25FN2O3S/c14-6-3-9-20(18,19)16-8-2-4-12(16)10-15-7-1-5-13(15)11-17/h12-13,17H,1-11H2. The molecule has 7 heteroatoms. The van der Waals surface area contributed by atoms with Gasteiger partial charge in [-0.15, -0.1) is 0 Å². The van der Waals surface area contributed by atoms with Crippen LogP contribution < -0.4 is 0 Å². The Morgan fingerprint density at radius 1 is 1.15 bits per heavy atom. The summed E-state index contributed by atoms with van der Waals surface area (Å²) >= 11 is 0. The van der Waals surface area contributed by atoms with E-state index in [2.05, 4.69) is 4.90 Å². The second-order valence-corrected chi connectivity index (χ2v) is 7.78. The van der Waals surface area contributed by atoms with Crippen molar-refractivity contribution in [3.63, 3.8) is 0 Å². The van der Waals surface area contributed by atoms with Crippen molar-refractivity contribution < 1.29 is 17.9 Å². The van der Waals surface area contributed by atoms with Gasteiger partial charge in [-0.05, 0) is 38.6 Å². The smallest absolute Gasteiger partial charge is 0.214 e. The number of rotatable bonds is 7. The fourth-order valence-corrected chi connectivity index (χ4v) is 5.07. The first-order valence-corrected chi connectivity index (χ1v) is 9.10. The van der Waals surface area contributed by atoms with Crippen molar-refractivity contribution in [3.05, 3.63) is 0 Å². The number of alkyl halides is 1. The normalized spacial score (nSPS) is 29.3. The zero-order valence-electron chi connectivity index (χ0n) is 11.9. The van der Waals surface area contributed by atoms with Crippen molar-refractivity contribution in [2.24, 2.45) is 0 Å². The number of halogens is 1. The molecular formula is C13H25FN2O3S. The third-order valence-corrected chi connectivity index (χ3v) is 6.37. The van der Waals surface area contributed by atoms with E-state index in [9.17, 15) is 17.9 Å². The first kappa shape index (κ1) is 16.1. The molecule has 20 heavy (non-hydrogen) atoms. The zero-order valence-corrected chi connectivity index (χ0v) is 12.7. The zero-order chi connectivity index (χ0) is 14.6. The molecule has 2 unspecified atom stereocenters. The van der Waals surface area contributed by atoms with Crippen molar-refractivity contribution in [2.45, 2.75) is 44.2 Å². The maximum absolute atomic E-state index is 12.2. The van der Waals surface area contributed by atoms with E-state index in [1.165, 1.54) is 0 Å². The summed E-state index contributed by atoms with van der Waals surface area (Å²) in [4.78, 5) is 2.20. The van der Waals surface area contributed by atoms with E-state index < -0.39 is 16.7 Å². The molecule has 0 bridgehead atoms. The summed E-state index contributed by atoms with van der Waals surface area (Å²) in [7, 11) is -3.33. The molecule has 2 heterocycles. The molecule has 2 saturated heterocycles. The molecule has 0 saturated carbocycles. The number of nitrogens with zero attached hydrogens (tertiary/aromatic N) is 2. The van der Waals surface area contributed by atoms with Crippen LogP contribution in [0.1, 0.15) is 32.1 Å². The molecule has 2 aliphatic rings. The van der Waals surface area contributed by atoms with Gasteiger partial charge in [0.1, 0.15) is 0 Å². The highest BCUT2D eigenvalue weighted by molar-refractivity contribution is 7.89. The van der Waals surface area contributed by atoms with Crippen LogP contribution in [0.2, 0.25) is 0 Å². The maximum atomic E-state index is 12.2. The Labute approximate surface area is 120 Å². The van der Waals surface area contributed by atoms with Crippen LogP contribution in [0.25, 0.3) is 0 Å². The Hall–Kier alpha value is -0.240. The fraction of sp³-hybridized carbons (Fsp3) is 1.00. The molecule has 2 aliphatic heterocycles. The Morgan fingerprint density at radius 2 is 1.85 bits per heavy atom. The average molecular weight is 308 g/mol. The Balaban J connectivity index is 1.97. The van der Waals surface area contributed by atoms with E-state index in [0.717, 1.165) is 32.2 Å². The van der Waals surface area contributed by atoms with Gasteiger partial charge in [0.05, 0.1) is 19.0 Å². The van der Waals surface area contributed by atoms with Crippen LogP contribution in [0.15, 0.2) is 0 Å². The van der Waals surface area contributed by atoms with E-state index in [1.807, 2.05) is 0 Å². The van der Waals surface area contributed by atoms with Crippen LogP contribution in [0.5, 0.6) is 0 Å². The molecule has 1 N–H and O–H groups in total. The molecule has 0 aromatic carbocycles. The van der Waals surface area contributed by atoms with Gasteiger partial charge in [-0.2, -0.15) is 4.31 Å². The van der Waals surface area contributed by atoms with Crippen molar-refractivity contribution in [2.75, 3.05) is 38.7 Å². The second-order valence-electron chi connectivity index (χ2n) is 5.74. The highest BCUT2D eigenvalue weighted by Gasteiger charge is 2.36. The molecule has 0 aromatic rings. The first-order valence-electron chi connectivity index (χ1n) is 7.49. The largest absolute Gasteiger partial charge is 0.395 e. The summed E-state index contributed by atoms with van der Waals surface area (Å²) in [5, 5.41) is 9.34. The van der Waals surface area contributed by atoms with E-state index >= 15 is 0 Å². The van der Waals surface area contributed by atoms with Crippen molar-refractivity contribution >= 4 is 10.0 Å². The van der Waals surface area contributed by atoms with Crippen LogP contribution in [0.4, 0.5) is 4.39 Å². The van der Waals surface area contributed by atoms with Crippen LogP contribution >= 0.6 is 0 Å². The van der Waals surface area contributed by atoms with Gasteiger partial charge in [0.15, 0.2) is 0 Å². The number of aliphatic hydroxyl groups is 1. The van der Waals surface area contributed by atoms with E-state index in [-0.39, 0.29) is 30.9 Å². The molecule has 2 fully saturated rings. The number of hydrogen-bond donors (Lipinski definition) is 1. The molecule has 2 rings (SSSR count). The van der Waals surface area contributed by atoms with Gasteiger partial charge in [-0.25, -0.2) is 8.42 Å². The van der Waals surface area contributed by atoms with Gasteiger partial charge in [0.2, 0.25) is 10.0 Å². The van der Waals surface area contributed by atoms with Crippen molar-refractivity contribution in [1.82, 2.24) is 9.21 Å². The van der Waals surface area contributed by atoms with Crippen LogP contribution in [-0.2, 0) is 10.0 Å². The number of aliphatic hydroxyl groups excluding tert-OH is 1. The van der Waals surface area contributed by atoms with Gasteiger partial charge in [-0.1, -0.05) is 0 Å². The Kier molecular flexibility index (Phi) is 5.77. The average Bonchev–Trinajstić information content (AvgIpc) is 3.06. The molecular weight excluding hydrogens is 283 g/mol. The predicted octanol–water partition coefficient (Wildman–Crippen LogP) is 0.597. The summed E-state index contributed by atoms with van der Waals surface area (Å²) in [6.45, 7) is 1.73. The van der Waals surface area contributed by atoms with E-state index in [1.54, 1.807) is 4.31 Å². The third kappa shape index (κ3) is 3.69. The number of hydrogen-bond acceptors (Lipinski definition) is 4. The summed E-state index contributed by atoms with van der Waals surface area (Å²) in [6, 6.07) is 0.165. The Morgan fingerprint density at radius 3 is 2.55 bits per heavy atom. The molecule has 0 radical (unpaired) electrons. The first-order chi connectivity index (χ1) is 9.58. The van der Waals surface area contributed by atoms with Crippen LogP contribution in [0.3, 0.4) is 0 Å². The van der Waals surface area contributed by atoms with Crippen molar-refractivity contribution in [1.29, 1.82) is 0 Å². The van der Waals surface area contributed by atoms with E-state index in [4.69, 9.17) is 0 Å². The molecule has 0 amide bonds. The fourth-order valence-electron chi connectivity index (χ4n) is 3.33. The van der Waals surface area contributed by atoms with Gasteiger partial charge in [0, 0.05) is 25.2 Å². The lowest BCUT2D eigenvalue weighted by Gasteiger charge is -2.30. The molecule has 2 atom stereocenters. The van der Waals surface area contributed by atoms with Crippen LogP contribution in [0, 0.1) is 0 Å². The SMILES string of the molecule is O=S(=O)(CCCF)N1CCCC1CN1CCCC1CO. The minimum Gasteiger partial charge on any atom is -0.395 e. The van der Waals surface area contributed by atoms with Gasteiger partial charge in [0.25, 0.3) is 0 Å². The lowest BCUT2D eigenvalue weighted by molar-refractivity contribution is 0.140. The quantitative estimate of drug-likeness (QED) is 0.748. The summed E-state index contributed by atoms with van der Waals surface area (Å²) in [5.74, 6) is -0.0938. The predicted molar refractivity (Wildman–Crippen MR) is 75.8 cm³/mol. The summed E-state index contributed by atoms with van der Waals surface area (Å²) in [6.07, 6.45) is 3.86. The van der Waals surface area contributed by atoms with Crippen molar-refractivity contribution in [3.8, 4) is 0 Å². The lowest BCUT2D eigenvalue weighted by Crippen LogP contribution is -2.46. The van der Waals surface area contributed by atoms with Crippen LogP contribution in [-0.4, -0.2) is 73.5 Å². The lowest BCUT2D eigenvalue weighted by atomic mass is 10.2. The molecule has 118 valence electrons. The highest BCUT2D eigenvalue weighted by atomic mass is 32.2. The number of sulfonamides is 1. The van der Waals surface area contributed by atoms with Gasteiger partial charge >= 0.3 is 0 Å². The molecule has 5 nitrogen and oxygen atoms in total. The van der Waals surface area contributed by atoms with E-state index in [0.29, 0.717) is 13.1 Å². The Bertz CT molecular complexity index is 404. The summed E-state index contributed by atoms with van der Waals surface area (Å²) < 4.78 is 38.2. The molecule has 0 aromatic heterocycles. The second kappa shape index (κ2) is 7.15. The topological polar surface area (TPSA) is 60.9 Å². The number of likely N-dealkylation sites (tertiary alicyclic amines) is 1. The summed E-state index contributed by atoms with van der Waals surface area (Å²) in [5.41, 5.74) is 0. The minimum atomic E-state index is -3.33. The third-order valence-electron chi connectivity index (χ3n) is 4.37. The van der Waals surface area contributed by atoms with Gasteiger partial charge < -0.3 is 5.11 Å². The minimum absolute atomic E-state index is 0.00763. The molecule has 0 spiro atoms.